The average molecular weight is 268 g/mol. The Morgan fingerprint density at radius 2 is 1.89 bits per heavy atom. The molecule has 0 radical (unpaired) electrons. The van der Waals surface area contributed by atoms with E-state index in [0.29, 0.717) is 5.91 Å². The zero-order valence-electron chi connectivity index (χ0n) is 12.9. The first kappa shape index (κ1) is 16.5. The van der Waals surface area contributed by atoms with Crippen LogP contribution in [-0.4, -0.2) is 29.4 Å². The largest absolute Gasteiger partial charge is 0.338 e. The molecule has 19 heavy (non-hydrogen) atoms. The number of rotatable bonds is 8. The standard InChI is InChI=1S/C16H32N2O/c1-3-4-5-6-7-8-12-16(19)18-13-10-9-11-15(18)14(2)17/h14-15H,3-13,17H2,1-2H3. The molecule has 0 aromatic heterocycles. The van der Waals surface area contributed by atoms with Crippen LogP contribution in [0, 0.1) is 0 Å². The van der Waals surface area contributed by atoms with Gasteiger partial charge in [0.05, 0.1) is 0 Å². The van der Waals surface area contributed by atoms with Gasteiger partial charge in [-0.1, -0.05) is 39.0 Å². The molecule has 1 heterocycles. The molecule has 2 N–H and O–H groups in total. The number of amides is 1. The minimum Gasteiger partial charge on any atom is -0.338 e. The Balaban J connectivity index is 2.23. The second kappa shape index (κ2) is 9.35. The summed E-state index contributed by atoms with van der Waals surface area (Å²) in [4.78, 5) is 14.3. The molecule has 3 heteroatoms. The molecule has 0 saturated carbocycles. The maximum Gasteiger partial charge on any atom is 0.222 e. The normalized spacial score (nSPS) is 21.4. The van der Waals surface area contributed by atoms with Crippen LogP contribution < -0.4 is 5.73 Å². The summed E-state index contributed by atoms with van der Waals surface area (Å²) in [7, 11) is 0. The number of piperidine rings is 1. The predicted molar refractivity (Wildman–Crippen MR) is 81.0 cm³/mol. The van der Waals surface area contributed by atoms with Gasteiger partial charge in [-0.15, -0.1) is 0 Å². The highest BCUT2D eigenvalue weighted by Gasteiger charge is 2.28. The fourth-order valence-electron chi connectivity index (χ4n) is 3.01. The van der Waals surface area contributed by atoms with Crippen molar-refractivity contribution in [3.05, 3.63) is 0 Å². The summed E-state index contributed by atoms with van der Waals surface area (Å²) in [5.74, 6) is 0.331. The number of hydrogen-bond acceptors (Lipinski definition) is 2. The van der Waals surface area contributed by atoms with Gasteiger partial charge in [-0.25, -0.2) is 0 Å². The molecule has 0 aliphatic carbocycles. The summed E-state index contributed by atoms with van der Waals surface area (Å²) in [5.41, 5.74) is 6.01. The molecule has 0 spiro atoms. The molecule has 2 unspecified atom stereocenters. The van der Waals surface area contributed by atoms with Crippen molar-refractivity contribution in [3.63, 3.8) is 0 Å². The molecule has 112 valence electrons. The van der Waals surface area contributed by atoms with E-state index < -0.39 is 0 Å². The number of carbonyl (C=O) groups excluding carboxylic acids is 1. The number of likely N-dealkylation sites (tertiary alicyclic amines) is 1. The van der Waals surface area contributed by atoms with Gasteiger partial charge < -0.3 is 10.6 Å². The molecule has 1 amide bonds. The lowest BCUT2D eigenvalue weighted by molar-refractivity contribution is -0.135. The number of hydrogen-bond donors (Lipinski definition) is 1. The summed E-state index contributed by atoms with van der Waals surface area (Å²) >= 11 is 0. The van der Waals surface area contributed by atoms with Gasteiger partial charge in [0.1, 0.15) is 0 Å². The van der Waals surface area contributed by atoms with E-state index in [1.807, 2.05) is 6.92 Å². The second-order valence-electron chi connectivity index (χ2n) is 6.03. The lowest BCUT2D eigenvalue weighted by Crippen LogP contribution is -2.51. The molecular weight excluding hydrogens is 236 g/mol. The minimum absolute atomic E-state index is 0.105. The van der Waals surface area contributed by atoms with E-state index in [2.05, 4.69) is 11.8 Å². The molecule has 3 nitrogen and oxygen atoms in total. The van der Waals surface area contributed by atoms with Crippen molar-refractivity contribution in [1.82, 2.24) is 4.90 Å². The summed E-state index contributed by atoms with van der Waals surface area (Å²) in [6, 6.07) is 0.384. The summed E-state index contributed by atoms with van der Waals surface area (Å²) in [6.45, 7) is 5.18. The lowest BCUT2D eigenvalue weighted by atomic mass is 9.96. The number of nitrogens with two attached hydrogens (primary N) is 1. The molecule has 0 aromatic rings. The van der Waals surface area contributed by atoms with Crippen molar-refractivity contribution in [3.8, 4) is 0 Å². The molecule has 2 atom stereocenters. The molecule has 1 rings (SSSR count). The average Bonchev–Trinajstić information content (AvgIpc) is 2.42. The van der Waals surface area contributed by atoms with Gasteiger partial charge in [0, 0.05) is 25.0 Å². The highest BCUT2D eigenvalue weighted by atomic mass is 16.2. The third kappa shape index (κ3) is 5.94. The summed E-state index contributed by atoms with van der Waals surface area (Å²) in [6.07, 6.45) is 11.6. The Morgan fingerprint density at radius 3 is 2.58 bits per heavy atom. The fraction of sp³-hybridized carbons (Fsp3) is 0.938. The van der Waals surface area contributed by atoms with Gasteiger partial charge in [0.25, 0.3) is 0 Å². The van der Waals surface area contributed by atoms with Crippen LogP contribution in [0.1, 0.15) is 78.1 Å². The monoisotopic (exact) mass is 268 g/mol. The molecule has 1 saturated heterocycles. The van der Waals surface area contributed by atoms with Crippen LogP contribution in [0.2, 0.25) is 0 Å². The van der Waals surface area contributed by atoms with Crippen molar-refractivity contribution in [1.29, 1.82) is 0 Å². The summed E-state index contributed by atoms with van der Waals surface area (Å²) in [5, 5.41) is 0. The third-order valence-corrected chi connectivity index (χ3v) is 4.22. The van der Waals surface area contributed by atoms with Crippen molar-refractivity contribution in [2.45, 2.75) is 90.1 Å². The molecule has 1 fully saturated rings. The Hall–Kier alpha value is -0.570. The smallest absolute Gasteiger partial charge is 0.222 e. The first-order valence-corrected chi connectivity index (χ1v) is 8.22. The van der Waals surface area contributed by atoms with Gasteiger partial charge >= 0.3 is 0 Å². The van der Waals surface area contributed by atoms with E-state index in [1.165, 1.54) is 38.5 Å². The zero-order chi connectivity index (χ0) is 14.1. The van der Waals surface area contributed by atoms with Crippen LogP contribution in [0.15, 0.2) is 0 Å². The van der Waals surface area contributed by atoms with Gasteiger partial charge in [0.15, 0.2) is 0 Å². The minimum atomic E-state index is 0.105. The Labute approximate surface area is 118 Å². The highest BCUT2D eigenvalue weighted by Crippen LogP contribution is 2.20. The Kier molecular flexibility index (Phi) is 8.11. The molecule has 0 aromatic carbocycles. The maximum atomic E-state index is 12.3. The quantitative estimate of drug-likeness (QED) is 0.685. The van der Waals surface area contributed by atoms with Crippen LogP contribution in [0.4, 0.5) is 0 Å². The third-order valence-electron chi connectivity index (χ3n) is 4.22. The van der Waals surface area contributed by atoms with E-state index in [9.17, 15) is 4.79 Å². The molecule has 1 aliphatic rings. The van der Waals surface area contributed by atoms with Crippen molar-refractivity contribution < 1.29 is 4.79 Å². The Bertz CT molecular complexity index is 253. The van der Waals surface area contributed by atoms with Gasteiger partial charge in [0.2, 0.25) is 5.91 Å². The first-order valence-electron chi connectivity index (χ1n) is 8.22. The predicted octanol–water partition coefficient (Wildman–Crippen LogP) is 3.47. The fourth-order valence-corrected chi connectivity index (χ4v) is 3.01. The van der Waals surface area contributed by atoms with Crippen LogP contribution in [-0.2, 0) is 4.79 Å². The first-order chi connectivity index (χ1) is 9.16. The van der Waals surface area contributed by atoms with Crippen LogP contribution in [0.25, 0.3) is 0 Å². The van der Waals surface area contributed by atoms with Gasteiger partial charge in [-0.05, 0) is 32.6 Å². The van der Waals surface area contributed by atoms with E-state index in [4.69, 9.17) is 5.73 Å². The van der Waals surface area contributed by atoms with Crippen LogP contribution >= 0.6 is 0 Å². The van der Waals surface area contributed by atoms with Crippen LogP contribution in [0.5, 0.6) is 0 Å². The Morgan fingerprint density at radius 1 is 1.21 bits per heavy atom. The van der Waals surface area contributed by atoms with Crippen molar-refractivity contribution in [2.24, 2.45) is 5.73 Å². The maximum absolute atomic E-state index is 12.3. The van der Waals surface area contributed by atoms with Gasteiger partial charge in [-0.3, -0.25) is 4.79 Å². The van der Waals surface area contributed by atoms with Crippen molar-refractivity contribution >= 4 is 5.91 Å². The van der Waals surface area contributed by atoms with E-state index >= 15 is 0 Å². The molecule has 1 aliphatic heterocycles. The SMILES string of the molecule is CCCCCCCCC(=O)N1CCCCC1C(C)N. The van der Waals surface area contributed by atoms with E-state index in [1.54, 1.807) is 0 Å². The topological polar surface area (TPSA) is 46.3 Å². The lowest BCUT2D eigenvalue weighted by Gasteiger charge is -2.38. The van der Waals surface area contributed by atoms with Crippen LogP contribution in [0.3, 0.4) is 0 Å². The molecular formula is C16H32N2O. The number of nitrogens with zero attached hydrogens (tertiary/aromatic N) is 1. The second-order valence-corrected chi connectivity index (χ2v) is 6.03. The highest BCUT2D eigenvalue weighted by molar-refractivity contribution is 5.76. The number of unbranched alkanes of at least 4 members (excludes halogenated alkanes) is 5. The number of carbonyl (C=O) groups is 1. The summed E-state index contributed by atoms with van der Waals surface area (Å²) < 4.78 is 0. The van der Waals surface area contributed by atoms with Crippen molar-refractivity contribution in [2.75, 3.05) is 6.54 Å². The van der Waals surface area contributed by atoms with Gasteiger partial charge in [-0.2, -0.15) is 0 Å². The van der Waals surface area contributed by atoms with E-state index in [-0.39, 0.29) is 12.1 Å². The molecule has 0 bridgehead atoms. The van der Waals surface area contributed by atoms with E-state index in [0.717, 1.165) is 32.2 Å². The zero-order valence-corrected chi connectivity index (χ0v) is 12.9.